The Hall–Kier alpha value is -0.520. The van der Waals surface area contributed by atoms with Crippen molar-refractivity contribution in [2.75, 3.05) is 19.0 Å². The summed E-state index contributed by atoms with van der Waals surface area (Å²) in [7, 11) is 5.69. The third kappa shape index (κ3) is 3.38. The van der Waals surface area contributed by atoms with Gasteiger partial charge in [-0.05, 0) is 0 Å². The van der Waals surface area contributed by atoms with Gasteiger partial charge in [-0.2, -0.15) is 10.1 Å². The number of hydrogen-bond donors (Lipinski definition) is 1. The van der Waals surface area contributed by atoms with Gasteiger partial charge in [-0.3, -0.25) is 0 Å². The second-order valence-corrected chi connectivity index (χ2v) is 2.55. The van der Waals surface area contributed by atoms with Crippen LogP contribution in [0.15, 0.2) is 0 Å². The highest BCUT2D eigenvalue weighted by atomic mass is 35.5. The minimum absolute atomic E-state index is 0. The summed E-state index contributed by atoms with van der Waals surface area (Å²) in [5.74, 6) is 1.50. The summed E-state index contributed by atoms with van der Waals surface area (Å²) >= 11 is 0. The lowest BCUT2D eigenvalue weighted by Crippen LogP contribution is -2.14. The van der Waals surface area contributed by atoms with Crippen LogP contribution in [0.3, 0.4) is 0 Å². The van der Waals surface area contributed by atoms with E-state index in [0.29, 0.717) is 12.4 Å². The van der Waals surface area contributed by atoms with Crippen molar-refractivity contribution in [2.24, 2.45) is 12.8 Å². The van der Waals surface area contributed by atoms with Gasteiger partial charge >= 0.3 is 0 Å². The predicted octanol–water partition coefficient (Wildman–Crippen LogP) is 0.183. The van der Waals surface area contributed by atoms with Crippen molar-refractivity contribution in [1.29, 1.82) is 0 Å². The van der Waals surface area contributed by atoms with Crippen LogP contribution in [0.2, 0.25) is 0 Å². The van der Waals surface area contributed by atoms with Crippen molar-refractivity contribution in [1.82, 2.24) is 14.8 Å². The molecule has 78 valence electrons. The standard InChI is InChI=1S/C6H13N5.2ClH/c1-10(2)6-8-5(4-7)9-11(6)3;;/h4,7H2,1-3H3;2*1H. The first-order valence-corrected chi connectivity index (χ1v) is 3.42. The summed E-state index contributed by atoms with van der Waals surface area (Å²) in [5, 5.41) is 4.09. The Balaban J connectivity index is 0. The third-order valence-electron chi connectivity index (χ3n) is 1.37. The van der Waals surface area contributed by atoms with E-state index in [9.17, 15) is 0 Å². The van der Waals surface area contributed by atoms with Gasteiger partial charge in [0.25, 0.3) is 0 Å². The van der Waals surface area contributed by atoms with Gasteiger partial charge in [0.1, 0.15) is 0 Å². The molecule has 2 N–H and O–H groups in total. The fourth-order valence-corrected chi connectivity index (χ4v) is 0.904. The first-order valence-electron chi connectivity index (χ1n) is 3.42. The number of nitrogens with two attached hydrogens (primary N) is 1. The molecule has 0 saturated carbocycles. The van der Waals surface area contributed by atoms with E-state index in [-0.39, 0.29) is 24.8 Å². The number of anilines is 1. The van der Waals surface area contributed by atoms with Crippen LogP contribution >= 0.6 is 24.8 Å². The van der Waals surface area contributed by atoms with Crippen molar-refractivity contribution < 1.29 is 0 Å². The SMILES string of the molecule is CN(C)c1nc(CN)nn1C.Cl.Cl. The van der Waals surface area contributed by atoms with Crippen LogP contribution in [-0.4, -0.2) is 28.9 Å². The van der Waals surface area contributed by atoms with Crippen LogP contribution in [-0.2, 0) is 13.6 Å². The van der Waals surface area contributed by atoms with Gasteiger partial charge in [0.2, 0.25) is 5.95 Å². The topological polar surface area (TPSA) is 60.0 Å². The van der Waals surface area contributed by atoms with E-state index >= 15 is 0 Å². The van der Waals surface area contributed by atoms with Crippen molar-refractivity contribution in [3.63, 3.8) is 0 Å². The molecule has 1 aromatic heterocycles. The van der Waals surface area contributed by atoms with Gasteiger partial charge in [-0.1, -0.05) is 0 Å². The maximum Gasteiger partial charge on any atom is 0.223 e. The highest BCUT2D eigenvalue weighted by Crippen LogP contribution is 2.04. The fourth-order valence-electron chi connectivity index (χ4n) is 0.904. The summed E-state index contributed by atoms with van der Waals surface area (Å²) < 4.78 is 1.71. The molecule has 0 spiro atoms. The zero-order chi connectivity index (χ0) is 8.43. The Labute approximate surface area is 90.1 Å². The van der Waals surface area contributed by atoms with E-state index < -0.39 is 0 Å². The summed E-state index contributed by atoms with van der Waals surface area (Å²) in [5.41, 5.74) is 5.38. The molecule has 1 heterocycles. The number of rotatable bonds is 2. The van der Waals surface area contributed by atoms with Gasteiger partial charge in [-0.15, -0.1) is 24.8 Å². The van der Waals surface area contributed by atoms with Crippen LogP contribution < -0.4 is 10.6 Å². The second kappa shape index (κ2) is 6.01. The molecule has 0 aliphatic carbocycles. The van der Waals surface area contributed by atoms with E-state index in [0.717, 1.165) is 5.95 Å². The molecule has 0 saturated heterocycles. The first-order chi connectivity index (χ1) is 5.15. The monoisotopic (exact) mass is 227 g/mol. The molecule has 0 bridgehead atoms. The van der Waals surface area contributed by atoms with Crippen LogP contribution in [0, 0.1) is 0 Å². The molecular formula is C6H15Cl2N5. The van der Waals surface area contributed by atoms with Crippen LogP contribution in [0.5, 0.6) is 0 Å². The molecule has 13 heavy (non-hydrogen) atoms. The van der Waals surface area contributed by atoms with Crippen molar-refractivity contribution in [3.8, 4) is 0 Å². The van der Waals surface area contributed by atoms with Gasteiger partial charge in [0, 0.05) is 21.1 Å². The summed E-state index contributed by atoms with van der Waals surface area (Å²) in [6, 6.07) is 0. The number of hydrogen-bond acceptors (Lipinski definition) is 4. The van der Waals surface area contributed by atoms with E-state index in [1.165, 1.54) is 0 Å². The minimum atomic E-state index is 0. The van der Waals surface area contributed by atoms with Crippen molar-refractivity contribution in [3.05, 3.63) is 5.82 Å². The Morgan fingerprint density at radius 3 is 2.15 bits per heavy atom. The number of halogens is 2. The van der Waals surface area contributed by atoms with Crippen LogP contribution in [0.25, 0.3) is 0 Å². The molecule has 0 radical (unpaired) electrons. The maximum atomic E-state index is 5.38. The van der Waals surface area contributed by atoms with Crippen molar-refractivity contribution >= 4 is 30.8 Å². The molecule has 0 aromatic carbocycles. The van der Waals surface area contributed by atoms with E-state index in [4.69, 9.17) is 5.73 Å². The lowest BCUT2D eigenvalue weighted by molar-refractivity contribution is 0.733. The number of aromatic nitrogens is 3. The van der Waals surface area contributed by atoms with Gasteiger partial charge in [-0.25, -0.2) is 4.68 Å². The lowest BCUT2D eigenvalue weighted by atomic mass is 10.6. The molecule has 0 aliphatic rings. The summed E-state index contributed by atoms with van der Waals surface area (Å²) in [6.45, 7) is 0.391. The largest absolute Gasteiger partial charge is 0.347 e. The smallest absolute Gasteiger partial charge is 0.223 e. The molecule has 5 nitrogen and oxygen atoms in total. The van der Waals surface area contributed by atoms with Crippen molar-refractivity contribution in [2.45, 2.75) is 6.54 Å². The lowest BCUT2D eigenvalue weighted by Gasteiger charge is -2.08. The zero-order valence-corrected chi connectivity index (χ0v) is 9.52. The van der Waals surface area contributed by atoms with Gasteiger partial charge in [0.05, 0.1) is 6.54 Å². The van der Waals surface area contributed by atoms with E-state index in [1.807, 2.05) is 26.0 Å². The molecule has 0 aliphatic heterocycles. The Morgan fingerprint density at radius 1 is 1.38 bits per heavy atom. The quantitative estimate of drug-likeness (QED) is 0.784. The van der Waals surface area contributed by atoms with Gasteiger partial charge < -0.3 is 10.6 Å². The summed E-state index contributed by atoms with van der Waals surface area (Å²) in [6.07, 6.45) is 0. The normalized spacial score (nSPS) is 8.62. The highest BCUT2D eigenvalue weighted by Gasteiger charge is 2.05. The molecule has 0 amide bonds. The zero-order valence-electron chi connectivity index (χ0n) is 7.89. The first kappa shape index (κ1) is 15.0. The fraction of sp³-hybridized carbons (Fsp3) is 0.667. The van der Waals surface area contributed by atoms with Gasteiger partial charge in [0.15, 0.2) is 5.82 Å². The second-order valence-electron chi connectivity index (χ2n) is 2.55. The molecule has 1 aromatic rings. The summed E-state index contributed by atoms with van der Waals surface area (Å²) in [4.78, 5) is 6.08. The van der Waals surface area contributed by atoms with Crippen LogP contribution in [0.4, 0.5) is 5.95 Å². The molecule has 0 atom stereocenters. The average Bonchev–Trinajstić information content (AvgIpc) is 2.30. The molecular weight excluding hydrogens is 213 g/mol. The predicted molar refractivity (Wildman–Crippen MR) is 57.7 cm³/mol. The number of nitrogens with zero attached hydrogens (tertiary/aromatic N) is 4. The van der Waals surface area contributed by atoms with E-state index in [1.54, 1.807) is 4.68 Å². The van der Waals surface area contributed by atoms with Crippen LogP contribution in [0.1, 0.15) is 5.82 Å². The molecule has 7 heteroatoms. The third-order valence-corrected chi connectivity index (χ3v) is 1.37. The highest BCUT2D eigenvalue weighted by molar-refractivity contribution is 5.85. The van der Waals surface area contributed by atoms with E-state index in [2.05, 4.69) is 10.1 Å². The Kier molecular flexibility index (Phi) is 6.93. The number of aryl methyl sites for hydroxylation is 1. The maximum absolute atomic E-state index is 5.38. The Bertz CT molecular complexity index is 247. The molecule has 1 rings (SSSR count). The average molecular weight is 228 g/mol. The molecule has 0 fully saturated rings. The molecule has 0 unspecified atom stereocenters. The minimum Gasteiger partial charge on any atom is -0.347 e. The Morgan fingerprint density at radius 2 is 1.92 bits per heavy atom.